The Morgan fingerprint density at radius 3 is 2.62 bits per heavy atom. The molecule has 0 fully saturated rings. The molecule has 162 valence electrons. The summed E-state index contributed by atoms with van der Waals surface area (Å²) in [5, 5.41) is 24.5. The third-order valence-corrected chi connectivity index (χ3v) is 5.76. The number of carbonyl (C=O) groups is 1. The molecule has 0 spiro atoms. The Balaban J connectivity index is 1.33. The first kappa shape index (κ1) is 21.3. The van der Waals surface area contributed by atoms with Crippen LogP contribution in [-0.2, 0) is 18.4 Å². The van der Waals surface area contributed by atoms with Crippen LogP contribution >= 0.6 is 11.8 Å². The Hall–Kier alpha value is -3.92. The molecule has 1 heterocycles. The first-order chi connectivity index (χ1) is 15.5. The number of non-ortho nitro benzene ring substituents is 1. The summed E-state index contributed by atoms with van der Waals surface area (Å²) in [6.45, 7) is 0.143. The number of hydrogen-bond acceptors (Lipinski definition) is 7. The summed E-state index contributed by atoms with van der Waals surface area (Å²) in [5.74, 6) is 1.10. The normalized spacial score (nSPS) is 10.8. The van der Waals surface area contributed by atoms with Gasteiger partial charge in [-0.1, -0.05) is 48.2 Å². The third-order valence-electron chi connectivity index (χ3n) is 4.74. The van der Waals surface area contributed by atoms with E-state index in [-0.39, 0.29) is 24.0 Å². The van der Waals surface area contributed by atoms with Gasteiger partial charge in [-0.2, -0.15) is 0 Å². The lowest BCUT2D eigenvalue weighted by Gasteiger charge is -2.09. The van der Waals surface area contributed by atoms with Crippen LogP contribution < -0.4 is 10.1 Å². The molecule has 0 saturated carbocycles. The van der Waals surface area contributed by atoms with Gasteiger partial charge in [0.25, 0.3) is 5.69 Å². The summed E-state index contributed by atoms with van der Waals surface area (Å²) in [4.78, 5) is 22.7. The molecule has 0 atom stereocenters. The number of benzene rings is 3. The fourth-order valence-electron chi connectivity index (χ4n) is 3.06. The highest BCUT2D eigenvalue weighted by Gasteiger charge is 2.13. The van der Waals surface area contributed by atoms with Crippen molar-refractivity contribution in [3.05, 3.63) is 82.7 Å². The van der Waals surface area contributed by atoms with Crippen LogP contribution in [0.1, 0.15) is 5.82 Å². The van der Waals surface area contributed by atoms with Crippen molar-refractivity contribution in [1.82, 2.24) is 14.8 Å². The standard InChI is InChI=1S/C22H19N5O4S/c1-26-20(13-31-17-11-9-16(10-12-17)27(29)30)24-25-22(26)32-14-21(28)23-19-8-4-6-15-5-2-3-7-18(15)19/h2-12H,13-14H2,1H3,(H,23,28). The largest absolute Gasteiger partial charge is 0.486 e. The molecular weight excluding hydrogens is 430 g/mol. The fraction of sp³-hybridized carbons (Fsp3) is 0.136. The molecule has 4 aromatic rings. The minimum absolute atomic E-state index is 0.00327. The molecule has 3 aromatic carbocycles. The zero-order valence-corrected chi connectivity index (χ0v) is 17.9. The third kappa shape index (κ3) is 4.86. The Morgan fingerprint density at radius 2 is 1.84 bits per heavy atom. The van der Waals surface area contributed by atoms with Crippen LogP contribution in [0.3, 0.4) is 0 Å². The van der Waals surface area contributed by atoms with Crippen LogP contribution in [-0.4, -0.2) is 31.3 Å². The van der Waals surface area contributed by atoms with E-state index < -0.39 is 4.92 Å². The van der Waals surface area contributed by atoms with Gasteiger partial charge in [-0.15, -0.1) is 10.2 Å². The second-order valence-corrected chi connectivity index (χ2v) is 7.80. The maximum atomic E-state index is 12.5. The topological polar surface area (TPSA) is 112 Å². The van der Waals surface area contributed by atoms with Crippen LogP contribution in [0.2, 0.25) is 0 Å². The molecule has 1 amide bonds. The average Bonchev–Trinajstić information content (AvgIpc) is 3.16. The second kappa shape index (κ2) is 9.48. The van der Waals surface area contributed by atoms with E-state index >= 15 is 0 Å². The number of aromatic nitrogens is 3. The maximum absolute atomic E-state index is 12.5. The van der Waals surface area contributed by atoms with Crippen molar-refractivity contribution >= 4 is 39.8 Å². The lowest BCUT2D eigenvalue weighted by molar-refractivity contribution is -0.384. The Labute approximate surface area is 187 Å². The van der Waals surface area contributed by atoms with Gasteiger partial charge >= 0.3 is 0 Å². The first-order valence-corrected chi connectivity index (χ1v) is 10.7. The highest BCUT2D eigenvalue weighted by Crippen LogP contribution is 2.24. The maximum Gasteiger partial charge on any atom is 0.269 e. The van der Waals surface area contributed by atoms with E-state index in [0.29, 0.717) is 16.7 Å². The number of ether oxygens (including phenoxy) is 1. The van der Waals surface area contributed by atoms with Gasteiger partial charge in [-0.25, -0.2) is 0 Å². The quantitative estimate of drug-likeness (QED) is 0.244. The molecule has 0 bridgehead atoms. The highest BCUT2D eigenvalue weighted by atomic mass is 32.2. The smallest absolute Gasteiger partial charge is 0.269 e. The fourth-order valence-corrected chi connectivity index (χ4v) is 3.79. The van der Waals surface area contributed by atoms with E-state index in [4.69, 9.17) is 4.74 Å². The summed E-state index contributed by atoms with van der Waals surface area (Å²) < 4.78 is 7.38. The van der Waals surface area contributed by atoms with E-state index in [1.165, 1.54) is 36.0 Å². The van der Waals surface area contributed by atoms with Gasteiger partial charge in [0, 0.05) is 30.3 Å². The van der Waals surface area contributed by atoms with Crippen LogP contribution in [0, 0.1) is 10.1 Å². The van der Waals surface area contributed by atoms with Crippen LogP contribution in [0.5, 0.6) is 5.75 Å². The predicted octanol–water partition coefficient (Wildman–Crippen LogP) is 4.19. The minimum Gasteiger partial charge on any atom is -0.486 e. The van der Waals surface area contributed by atoms with Crippen molar-refractivity contribution in [2.75, 3.05) is 11.1 Å². The Morgan fingerprint density at radius 1 is 1.09 bits per heavy atom. The van der Waals surface area contributed by atoms with Gasteiger partial charge in [0.2, 0.25) is 5.91 Å². The van der Waals surface area contributed by atoms with E-state index in [2.05, 4.69) is 15.5 Å². The van der Waals surface area contributed by atoms with Gasteiger partial charge in [0.15, 0.2) is 11.0 Å². The number of thioether (sulfide) groups is 1. The predicted molar refractivity (Wildman–Crippen MR) is 122 cm³/mol. The van der Waals surface area contributed by atoms with Gasteiger partial charge < -0.3 is 14.6 Å². The van der Waals surface area contributed by atoms with Crippen molar-refractivity contribution in [2.24, 2.45) is 7.05 Å². The number of fused-ring (bicyclic) bond motifs is 1. The summed E-state index contributed by atoms with van der Waals surface area (Å²) in [5.41, 5.74) is 0.764. The zero-order chi connectivity index (χ0) is 22.5. The molecule has 9 nitrogen and oxygen atoms in total. The molecular formula is C22H19N5O4S. The van der Waals surface area contributed by atoms with E-state index in [1.807, 2.05) is 42.5 Å². The molecule has 0 aliphatic heterocycles. The molecule has 1 aromatic heterocycles. The molecule has 10 heteroatoms. The summed E-state index contributed by atoms with van der Waals surface area (Å²) in [6, 6.07) is 19.5. The number of nitro benzene ring substituents is 1. The Kier molecular flexibility index (Phi) is 6.31. The molecule has 0 aliphatic rings. The van der Waals surface area contributed by atoms with Gasteiger partial charge in [-0.05, 0) is 23.6 Å². The number of rotatable bonds is 8. The molecule has 0 unspecified atom stereocenters. The number of nitrogens with one attached hydrogen (secondary N) is 1. The van der Waals surface area contributed by atoms with Crippen LogP contribution in [0.25, 0.3) is 10.8 Å². The van der Waals surface area contributed by atoms with Crippen molar-refractivity contribution in [3.8, 4) is 5.75 Å². The van der Waals surface area contributed by atoms with Crippen molar-refractivity contribution in [3.63, 3.8) is 0 Å². The van der Waals surface area contributed by atoms with Crippen molar-refractivity contribution in [1.29, 1.82) is 0 Å². The number of nitro groups is 1. The number of carbonyl (C=O) groups excluding carboxylic acids is 1. The molecule has 1 N–H and O–H groups in total. The van der Waals surface area contributed by atoms with Crippen molar-refractivity contribution < 1.29 is 14.5 Å². The summed E-state index contributed by atoms with van der Waals surface area (Å²) in [6.07, 6.45) is 0. The first-order valence-electron chi connectivity index (χ1n) is 9.67. The summed E-state index contributed by atoms with van der Waals surface area (Å²) in [7, 11) is 1.79. The number of hydrogen-bond donors (Lipinski definition) is 1. The molecule has 4 rings (SSSR count). The van der Waals surface area contributed by atoms with Gasteiger partial charge in [0.05, 0.1) is 10.7 Å². The van der Waals surface area contributed by atoms with Crippen LogP contribution in [0.4, 0.5) is 11.4 Å². The average molecular weight is 449 g/mol. The van der Waals surface area contributed by atoms with E-state index in [9.17, 15) is 14.9 Å². The molecule has 0 radical (unpaired) electrons. The monoisotopic (exact) mass is 449 g/mol. The zero-order valence-electron chi connectivity index (χ0n) is 17.1. The molecule has 32 heavy (non-hydrogen) atoms. The molecule has 0 aliphatic carbocycles. The highest BCUT2D eigenvalue weighted by molar-refractivity contribution is 7.99. The van der Waals surface area contributed by atoms with E-state index in [1.54, 1.807) is 11.6 Å². The lowest BCUT2D eigenvalue weighted by atomic mass is 10.1. The van der Waals surface area contributed by atoms with E-state index in [0.717, 1.165) is 16.5 Å². The minimum atomic E-state index is -0.466. The molecule has 0 saturated heterocycles. The SMILES string of the molecule is Cn1c(COc2ccc([N+](=O)[O-])cc2)nnc1SCC(=O)Nc1cccc2ccccc12. The second-order valence-electron chi connectivity index (χ2n) is 6.86. The van der Waals surface area contributed by atoms with Gasteiger partial charge in [0.1, 0.15) is 12.4 Å². The lowest BCUT2D eigenvalue weighted by Crippen LogP contribution is -2.14. The van der Waals surface area contributed by atoms with Crippen LogP contribution in [0.15, 0.2) is 71.9 Å². The van der Waals surface area contributed by atoms with Crippen molar-refractivity contribution in [2.45, 2.75) is 11.8 Å². The number of nitrogens with zero attached hydrogens (tertiary/aromatic N) is 4. The summed E-state index contributed by atoms with van der Waals surface area (Å²) >= 11 is 1.27. The number of anilines is 1. The van der Waals surface area contributed by atoms with Gasteiger partial charge in [-0.3, -0.25) is 14.9 Å². The number of amides is 1. The Bertz CT molecular complexity index is 1270.